The van der Waals surface area contributed by atoms with Gasteiger partial charge in [-0.15, -0.1) is 0 Å². The second-order valence-electron chi connectivity index (χ2n) is 7.84. The summed E-state index contributed by atoms with van der Waals surface area (Å²) in [6.45, 7) is 4.00. The van der Waals surface area contributed by atoms with E-state index in [-0.39, 0.29) is 12.2 Å². The van der Waals surface area contributed by atoms with Gasteiger partial charge in [0.15, 0.2) is 5.60 Å². The lowest BCUT2D eigenvalue weighted by atomic mass is 10.0. The molecule has 0 fully saturated rings. The summed E-state index contributed by atoms with van der Waals surface area (Å²) in [6.07, 6.45) is 0. The smallest absolute Gasteiger partial charge is 0.335 e. The van der Waals surface area contributed by atoms with Gasteiger partial charge in [-0.2, -0.15) is 5.10 Å². The van der Waals surface area contributed by atoms with Crippen molar-refractivity contribution in [2.24, 2.45) is 0 Å². The first-order valence-corrected chi connectivity index (χ1v) is 10.0. The van der Waals surface area contributed by atoms with Crippen LogP contribution in [0.3, 0.4) is 0 Å². The lowest BCUT2D eigenvalue weighted by molar-refractivity contribution is -0.162. The molecule has 31 heavy (non-hydrogen) atoms. The highest BCUT2D eigenvalue weighted by Gasteiger charge is 2.29. The first-order valence-electron chi connectivity index (χ1n) is 9.63. The molecule has 0 radical (unpaired) electrons. The number of halogens is 3. The molecule has 3 rings (SSSR count). The van der Waals surface area contributed by atoms with E-state index < -0.39 is 17.5 Å². The van der Waals surface area contributed by atoms with Crippen LogP contribution in [-0.4, -0.2) is 26.5 Å². The van der Waals surface area contributed by atoms with Crippen LogP contribution >= 0.6 is 11.6 Å². The molecule has 1 heterocycles. The number of rotatable bonds is 8. The topological polar surface area (TPSA) is 64.4 Å². The molecule has 164 valence electrons. The van der Waals surface area contributed by atoms with E-state index in [2.05, 4.69) is 5.10 Å². The first-order chi connectivity index (χ1) is 14.5. The monoisotopic (exact) mass is 448 g/mol. The van der Waals surface area contributed by atoms with Crippen molar-refractivity contribution in [2.45, 2.75) is 45.4 Å². The number of carboxylic acid groups (broad SMARTS) is 1. The lowest BCUT2D eigenvalue weighted by Crippen LogP contribution is -2.34. The quantitative estimate of drug-likeness (QED) is 0.477. The number of aromatic nitrogens is 2. The van der Waals surface area contributed by atoms with Gasteiger partial charge >= 0.3 is 5.97 Å². The van der Waals surface area contributed by atoms with Gasteiger partial charge in [-0.25, -0.2) is 13.6 Å². The van der Waals surface area contributed by atoms with Gasteiger partial charge in [-0.05, 0) is 37.6 Å². The fourth-order valence-corrected chi connectivity index (χ4v) is 3.14. The van der Waals surface area contributed by atoms with E-state index in [1.54, 1.807) is 28.9 Å². The third kappa shape index (κ3) is 5.48. The van der Waals surface area contributed by atoms with Gasteiger partial charge < -0.3 is 9.84 Å². The van der Waals surface area contributed by atoms with E-state index in [0.717, 1.165) is 12.5 Å². The number of aliphatic carboxylic acids is 1. The van der Waals surface area contributed by atoms with E-state index in [1.165, 1.54) is 26.0 Å². The molecule has 0 bridgehead atoms. The number of hydrogen-bond donors (Lipinski definition) is 1. The van der Waals surface area contributed by atoms with E-state index in [4.69, 9.17) is 16.3 Å². The molecular weight excluding hydrogens is 426 g/mol. The lowest BCUT2D eigenvalue weighted by Gasteiger charge is -2.19. The molecule has 8 heteroatoms. The molecule has 0 spiro atoms. The zero-order valence-electron chi connectivity index (χ0n) is 17.4. The second kappa shape index (κ2) is 8.77. The zero-order chi connectivity index (χ0) is 22.8. The van der Waals surface area contributed by atoms with Crippen LogP contribution in [0, 0.1) is 0 Å². The van der Waals surface area contributed by atoms with Gasteiger partial charge in [-0.1, -0.05) is 48.0 Å². The maximum absolute atomic E-state index is 13.9. The van der Waals surface area contributed by atoms with Crippen LogP contribution in [0.2, 0.25) is 5.02 Å². The fraction of sp³-hybridized carbons (Fsp3) is 0.304. The zero-order valence-corrected chi connectivity index (χ0v) is 18.2. The van der Waals surface area contributed by atoms with Gasteiger partial charge in [0.1, 0.15) is 0 Å². The number of ether oxygens (including phenoxy) is 1. The van der Waals surface area contributed by atoms with Crippen LogP contribution in [0.25, 0.3) is 11.3 Å². The Hall–Kier alpha value is -2.77. The predicted molar refractivity (Wildman–Crippen MR) is 114 cm³/mol. The van der Waals surface area contributed by atoms with E-state index in [0.29, 0.717) is 28.5 Å². The Balaban J connectivity index is 2.01. The second-order valence-corrected chi connectivity index (χ2v) is 8.25. The molecule has 2 aromatic carbocycles. The normalized spacial score (nSPS) is 12.2. The molecule has 0 saturated heterocycles. The van der Waals surface area contributed by atoms with Crippen molar-refractivity contribution in [3.05, 3.63) is 76.4 Å². The average molecular weight is 449 g/mol. The Morgan fingerprint density at radius 3 is 2.48 bits per heavy atom. The number of hydrogen-bond acceptors (Lipinski definition) is 3. The summed E-state index contributed by atoms with van der Waals surface area (Å²) in [5, 5.41) is 14.3. The Kier molecular flexibility index (Phi) is 6.48. The number of carbonyl (C=O) groups is 1. The number of nitrogens with zero attached hydrogens (tertiary/aromatic N) is 2. The Labute approximate surface area is 184 Å². The van der Waals surface area contributed by atoms with Crippen LogP contribution in [0.1, 0.15) is 37.6 Å². The summed E-state index contributed by atoms with van der Waals surface area (Å²) in [7, 11) is 0. The minimum atomic E-state index is -2.99. The maximum Gasteiger partial charge on any atom is 0.335 e. The van der Waals surface area contributed by atoms with Crippen LogP contribution < -0.4 is 0 Å². The van der Waals surface area contributed by atoms with E-state index in [9.17, 15) is 18.7 Å². The highest BCUT2D eigenvalue weighted by Crippen LogP contribution is 2.31. The maximum atomic E-state index is 13.9. The van der Waals surface area contributed by atoms with Gasteiger partial charge in [0, 0.05) is 23.1 Å². The number of benzene rings is 2. The first kappa shape index (κ1) is 22.9. The number of alkyl halides is 2. The summed E-state index contributed by atoms with van der Waals surface area (Å²) in [4.78, 5) is 11.3. The van der Waals surface area contributed by atoms with Crippen molar-refractivity contribution in [1.82, 2.24) is 9.78 Å². The molecule has 3 aromatic rings. The largest absolute Gasteiger partial charge is 0.479 e. The predicted octanol–water partition coefficient (Wildman–Crippen LogP) is 5.74. The molecule has 0 atom stereocenters. The van der Waals surface area contributed by atoms with E-state index in [1.807, 2.05) is 18.2 Å². The third-order valence-corrected chi connectivity index (χ3v) is 5.24. The molecular formula is C23H23ClF2N2O3. The summed E-state index contributed by atoms with van der Waals surface area (Å²) >= 11 is 6.29. The Morgan fingerprint density at radius 2 is 1.84 bits per heavy atom. The summed E-state index contributed by atoms with van der Waals surface area (Å²) in [6, 6.07) is 15.1. The average Bonchev–Trinajstić information content (AvgIpc) is 3.10. The SMILES string of the molecule is CC(C)(OCc1cc(-c2cccc(C(C)(F)F)c2)n(Cc2ccccc2Cl)n1)C(=O)O. The van der Waals surface area contributed by atoms with Gasteiger partial charge in [0.2, 0.25) is 0 Å². The molecule has 0 aliphatic carbocycles. The Bertz CT molecular complexity index is 1090. The van der Waals surface area contributed by atoms with Gasteiger partial charge in [0.25, 0.3) is 5.92 Å². The van der Waals surface area contributed by atoms with Crippen LogP contribution in [0.15, 0.2) is 54.6 Å². The van der Waals surface area contributed by atoms with Crippen molar-refractivity contribution in [3.63, 3.8) is 0 Å². The van der Waals surface area contributed by atoms with E-state index >= 15 is 0 Å². The van der Waals surface area contributed by atoms with Crippen molar-refractivity contribution in [3.8, 4) is 11.3 Å². The molecule has 0 unspecified atom stereocenters. The van der Waals surface area contributed by atoms with Gasteiger partial charge in [0.05, 0.1) is 24.5 Å². The standard InChI is InChI=1S/C23H23ClF2N2O3/c1-22(2,21(29)30)31-14-18-12-20(15-8-6-9-17(11-15)23(3,25)26)28(27-18)13-16-7-4-5-10-19(16)24/h4-12H,13-14H2,1-3H3,(H,29,30). The molecule has 0 amide bonds. The highest BCUT2D eigenvalue weighted by molar-refractivity contribution is 6.31. The van der Waals surface area contributed by atoms with Crippen molar-refractivity contribution >= 4 is 17.6 Å². The molecule has 1 N–H and O–H groups in total. The minimum Gasteiger partial charge on any atom is -0.479 e. The molecule has 1 aromatic heterocycles. The minimum absolute atomic E-state index is 0.0501. The Morgan fingerprint density at radius 1 is 1.13 bits per heavy atom. The van der Waals surface area contributed by atoms with Crippen LogP contribution in [0.5, 0.6) is 0 Å². The molecule has 5 nitrogen and oxygen atoms in total. The molecule has 0 saturated carbocycles. The van der Waals surface area contributed by atoms with Gasteiger partial charge in [-0.3, -0.25) is 4.68 Å². The molecule has 0 aliphatic heterocycles. The fourth-order valence-electron chi connectivity index (χ4n) is 2.95. The van der Waals surface area contributed by atoms with Crippen molar-refractivity contribution < 1.29 is 23.4 Å². The summed E-state index contributed by atoms with van der Waals surface area (Å²) in [5.41, 5.74) is 0.936. The third-order valence-electron chi connectivity index (χ3n) is 4.87. The van der Waals surface area contributed by atoms with Crippen molar-refractivity contribution in [2.75, 3.05) is 0 Å². The number of carboxylic acids is 1. The van der Waals surface area contributed by atoms with Crippen LogP contribution in [0.4, 0.5) is 8.78 Å². The highest BCUT2D eigenvalue weighted by atomic mass is 35.5. The van der Waals surface area contributed by atoms with Crippen LogP contribution in [-0.2, 0) is 28.6 Å². The summed E-state index contributed by atoms with van der Waals surface area (Å²) in [5.74, 6) is -4.08. The molecule has 0 aliphatic rings. The summed E-state index contributed by atoms with van der Waals surface area (Å²) < 4.78 is 34.9. The van der Waals surface area contributed by atoms with Crippen molar-refractivity contribution in [1.29, 1.82) is 0 Å².